The van der Waals surface area contributed by atoms with E-state index in [1.165, 1.54) is 24.3 Å². The van der Waals surface area contributed by atoms with E-state index in [0.29, 0.717) is 6.42 Å². The smallest absolute Gasteiger partial charge is 0.333 e. The second-order valence-corrected chi connectivity index (χ2v) is 2.80. The van der Waals surface area contributed by atoms with Crippen LogP contribution in [0.4, 0.5) is 0 Å². The molecule has 0 aliphatic rings. The van der Waals surface area contributed by atoms with Crippen LogP contribution in [0.2, 0.25) is 0 Å². The minimum Gasteiger partial charge on any atom is -0.467 e. The van der Waals surface area contributed by atoms with E-state index < -0.39 is 6.04 Å². The molecule has 0 saturated heterocycles. The van der Waals surface area contributed by atoms with Crippen molar-refractivity contribution in [3.05, 3.63) is 12.4 Å². The molecule has 0 amide bonds. The summed E-state index contributed by atoms with van der Waals surface area (Å²) >= 11 is 0. The van der Waals surface area contributed by atoms with Crippen molar-refractivity contribution in [1.29, 1.82) is 0 Å². The summed E-state index contributed by atoms with van der Waals surface area (Å²) in [6.07, 6.45) is 4.17. The third-order valence-corrected chi connectivity index (χ3v) is 1.79. The molecule has 1 atom stereocenters. The van der Waals surface area contributed by atoms with Gasteiger partial charge in [0.05, 0.1) is 19.5 Å². The van der Waals surface area contributed by atoms with Gasteiger partial charge in [0, 0.05) is 12.8 Å². The lowest BCUT2D eigenvalue weighted by atomic mass is 10.2. The summed E-state index contributed by atoms with van der Waals surface area (Å²) in [7, 11) is 1.34. The first-order valence-electron chi connectivity index (χ1n) is 4.69. The minimum atomic E-state index is -0.552. The van der Waals surface area contributed by atoms with E-state index in [1.807, 2.05) is 6.92 Å². The fourth-order valence-electron chi connectivity index (χ4n) is 1.08. The molecule has 5 heteroatoms. The minimum absolute atomic E-state index is 0.370. The first-order valence-corrected chi connectivity index (χ1v) is 4.69. The molecule has 0 aliphatic carbocycles. The van der Waals surface area contributed by atoms with Crippen LogP contribution >= 0.6 is 0 Å². The Morgan fingerprint density at radius 2 is 2.13 bits per heavy atom. The number of carbonyl (C=O) groups excluding carboxylic acids is 1. The summed E-state index contributed by atoms with van der Waals surface area (Å²) < 4.78 is 4.66. The molecule has 1 unspecified atom stereocenters. The summed E-state index contributed by atoms with van der Waals surface area (Å²) in [5, 5.41) is 7.80. The number of esters is 1. The van der Waals surface area contributed by atoms with Crippen molar-refractivity contribution < 1.29 is 9.53 Å². The number of ether oxygens (including phenoxy) is 1. The Hall–Kier alpha value is -1.83. The van der Waals surface area contributed by atoms with Crippen LogP contribution in [0.5, 0.6) is 0 Å². The average Bonchev–Trinajstić information content (AvgIpc) is 2.77. The summed E-state index contributed by atoms with van der Waals surface area (Å²) in [5.41, 5.74) is 0. The van der Waals surface area contributed by atoms with Crippen LogP contribution in [0.1, 0.15) is 25.8 Å². The molecule has 80 valence electrons. The predicted molar refractivity (Wildman–Crippen MR) is 53.8 cm³/mol. The third kappa shape index (κ3) is 3.09. The highest BCUT2D eigenvalue weighted by Gasteiger charge is 2.21. The zero-order valence-electron chi connectivity index (χ0n) is 8.80. The Morgan fingerprint density at radius 3 is 2.67 bits per heavy atom. The summed E-state index contributed by atoms with van der Waals surface area (Å²) in [5.74, 6) is 5.40. The van der Waals surface area contributed by atoms with Crippen LogP contribution in [0, 0.1) is 11.8 Å². The Morgan fingerprint density at radius 1 is 1.47 bits per heavy atom. The molecule has 1 aromatic heterocycles. The Kier molecular flexibility index (Phi) is 4.35. The van der Waals surface area contributed by atoms with E-state index in [0.717, 1.165) is 6.42 Å². The molecule has 0 fully saturated rings. The fourth-order valence-corrected chi connectivity index (χ4v) is 1.08. The molecular formula is C10H13N3O2. The van der Waals surface area contributed by atoms with Gasteiger partial charge >= 0.3 is 5.97 Å². The number of aromatic nitrogens is 3. The van der Waals surface area contributed by atoms with Crippen molar-refractivity contribution >= 4 is 5.97 Å². The van der Waals surface area contributed by atoms with Crippen LogP contribution in [0.3, 0.4) is 0 Å². The van der Waals surface area contributed by atoms with E-state index in [4.69, 9.17) is 0 Å². The lowest BCUT2D eigenvalue weighted by molar-refractivity contribution is -0.145. The van der Waals surface area contributed by atoms with Gasteiger partial charge in [0.1, 0.15) is 0 Å². The molecule has 1 aromatic rings. The average molecular weight is 207 g/mol. The van der Waals surface area contributed by atoms with Crippen molar-refractivity contribution in [2.45, 2.75) is 25.8 Å². The van der Waals surface area contributed by atoms with Gasteiger partial charge in [-0.3, -0.25) is 0 Å². The van der Waals surface area contributed by atoms with Gasteiger partial charge in [-0.05, 0) is 0 Å². The number of nitrogens with zero attached hydrogens (tertiary/aromatic N) is 3. The molecule has 0 radical (unpaired) electrons. The molecule has 0 N–H and O–H groups in total. The highest BCUT2D eigenvalue weighted by Crippen LogP contribution is 2.09. The topological polar surface area (TPSA) is 57.0 Å². The van der Waals surface area contributed by atoms with E-state index in [-0.39, 0.29) is 5.97 Å². The van der Waals surface area contributed by atoms with Gasteiger partial charge in [0.15, 0.2) is 6.04 Å². The lowest BCUT2D eigenvalue weighted by Crippen LogP contribution is -2.22. The van der Waals surface area contributed by atoms with Gasteiger partial charge in [-0.2, -0.15) is 15.0 Å². The SMILES string of the molecule is CCC#CCC(C(=O)OC)n1nccn1. The number of rotatable bonds is 3. The van der Waals surface area contributed by atoms with Crippen LogP contribution in [0.25, 0.3) is 0 Å². The number of hydrogen-bond acceptors (Lipinski definition) is 4. The van der Waals surface area contributed by atoms with E-state index in [2.05, 4.69) is 26.8 Å². The van der Waals surface area contributed by atoms with Gasteiger partial charge < -0.3 is 4.74 Å². The Labute approximate surface area is 88.4 Å². The Bertz CT molecular complexity index is 362. The largest absolute Gasteiger partial charge is 0.467 e. The van der Waals surface area contributed by atoms with E-state index in [9.17, 15) is 4.79 Å². The number of carbonyl (C=O) groups is 1. The quantitative estimate of drug-likeness (QED) is 0.543. The highest BCUT2D eigenvalue weighted by molar-refractivity contribution is 5.74. The maximum absolute atomic E-state index is 11.4. The first-order chi connectivity index (χ1) is 7.29. The zero-order valence-corrected chi connectivity index (χ0v) is 8.80. The first kappa shape index (κ1) is 11.2. The number of hydrogen-bond donors (Lipinski definition) is 0. The van der Waals surface area contributed by atoms with Crippen molar-refractivity contribution in [2.75, 3.05) is 7.11 Å². The van der Waals surface area contributed by atoms with Gasteiger partial charge in [0.2, 0.25) is 0 Å². The summed E-state index contributed by atoms with van der Waals surface area (Å²) in [4.78, 5) is 12.7. The lowest BCUT2D eigenvalue weighted by Gasteiger charge is -2.09. The van der Waals surface area contributed by atoms with E-state index in [1.54, 1.807) is 0 Å². The maximum atomic E-state index is 11.4. The standard InChI is InChI=1S/C10H13N3O2/c1-3-4-5-6-9(10(14)15-2)13-11-7-8-12-13/h7-9H,3,6H2,1-2H3. The fraction of sp³-hybridized carbons (Fsp3) is 0.500. The third-order valence-electron chi connectivity index (χ3n) is 1.79. The highest BCUT2D eigenvalue weighted by atomic mass is 16.5. The maximum Gasteiger partial charge on any atom is 0.333 e. The molecule has 0 spiro atoms. The van der Waals surface area contributed by atoms with Crippen molar-refractivity contribution in [3.8, 4) is 11.8 Å². The van der Waals surface area contributed by atoms with Gasteiger partial charge in [-0.25, -0.2) is 4.79 Å². The molecule has 0 saturated carbocycles. The van der Waals surface area contributed by atoms with Gasteiger partial charge in [-0.1, -0.05) is 6.92 Å². The molecular weight excluding hydrogens is 194 g/mol. The molecule has 0 bridgehead atoms. The van der Waals surface area contributed by atoms with Crippen LogP contribution in [-0.2, 0) is 9.53 Å². The summed E-state index contributed by atoms with van der Waals surface area (Å²) in [6.45, 7) is 1.95. The normalized spacial score (nSPS) is 11.3. The Balaban J connectivity index is 2.75. The molecule has 15 heavy (non-hydrogen) atoms. The van der Waals surface area contributed by atoms with E-state index >= 15 is 0 Å². The van der Waals surface area contributed by atoms with Gasteiger partial charge in [-0.15, -0.1) is 11.8 Å². The van der Waals surface area contributed by atoms with Crippen molar-refractivity contribution in [1.82, 2.24) is 15.0 Å². The van der Waals surface area contributed by atoms with Crippen LogP contribution in [0.15, 0.2) is 12.4 Å². The molecule has 5 nitrogen and oxygen atoms in total. The second-order valence-electron chi connectivity index (χ2n) is 2.80. The molecule has 0 aromatic carbocycles. The second kappa shape index (κ2) is 5.81. The monoisotopic (exact) mass is 207 g/mol. The number of methoxy groups -OCH3 is 1. The van der Waals surface area contributed by atoms with Crippen molar-refractivity contribution in [2.24, 2.45) is 0 Å². The van der Waals surface area contributed by atoms with Crippen molar-refractivity contribution in [3.63, 3.8) is 0 Å². The molecule has 1 rings (SSSR count). The van der Waals surface area contributed by atoms with Crippen LogP contribution in [-0.4, -0.2) is 28.1 Å². The molecule has 1 heterocycles. The predicted octanol–water partition coefficient (Wildman–Crippen LogP) is 0.796. The zero-order chi connectivity index (χ0) is 11.1. The molecule has 0 aliphatic heterocycles. The van der Waals surface area contributed by atoms with Crippen LogP contribution < -0.4 is 0 Å². The summed E-state index contributed by atoms with van der Waals surface area (Å²) in [6, 6.07) is -0.552. The van der Waals surface area contributed by atoms with Gasteiger partial charge in [0.25, 0.3) is 0 Å².